The second-order valence-electron chi connectivity index (χ2n) is 7.78. The maximum absolute atomic E-state index is 12.4. The Bertz CT molecular complexity index is 644. The highest BCUT2D eigenvalue weighted by Gasteiger charge is 2.18. The molecule has 2 nitrogen and oxygen atoms in total. The third kappa shape index (κ3) is 6.32. The topological polar surface area (TPSA) is 29.1 Å². The summed E-state index contributed by atoms with van der Waals surface area (Å²) >= 11 is 0. The normalized spacial score (nSPS) is 12.7. The van der Waals surface area contributed by atoms with Crippen LogP contribution >= 0.6 is 0 Å². The molecule has 0 radical (unpaired) electrons. The SMILES string of the molecule is Cc1ccc(CC(NC(=O)CC[Si](C)(C)C)c2ccccc2)cc1. The standard InChI is InChI=1S/C21H29NOSi/c1-17-10-12-18(13-11-17)16-20(19-8-6-5-7-9-19)22-21(23)14-15-24(2,3)4/h5-13,20H,14-16H2,1-4H3,(H,22,23). The first-order valence-electron chi connectivity index (χ1n) is 8.73. The van der Waals surface area contributed by atoms with Gasteiger partial charge in [0.05, 0.1) is 6.04 Å². The quantitative estimate of drug-likeness (QED) is 0.697. The van der Waals surface area contributed by atoms with E-state index in [-0.39, 0.29) is 11.9 Å². The maximum Gasteiger partial charge on any atom is 0.220 e. The number of amides is 1. The summed E-state index contributed by atoms with van der Waals surface area (Å²) in [5, 5.41) is 3.25. The molecule has 0 aliphatic rings. The van der Waals surface area contributed by atoms with Gasteiger partial charge in [0.25, 0.3) is 0 Å². The van der Waals surface area contributed by atoms with Crippen LogP contribution in [0.5, 0.6) is 0 Å². The molecule has 3 heteroatoms. The molecule has 1 amide bonds. The highest BCUT2D eigenvalue weighted by atomic mass is 28.3. The number of benzene rings is 2. The fourth-order valence-electron chi connectivity index (χ4n) is 2.65. The molecule has 0 aliphatic carbocycles. The zero-order valence-corrected chi connectivity index (χ0v) is 16.3. The molecule has 1 N–H and O–H groups in total. The highest BCUT2D eigenvalue weighted by molar-refractivity contribution is 6.76. The van der Waals surface area contributed by atoms with E-state index in [1.54, 1.807) is 0 Å². The van der Waals surface area contributed by atoms with Crippen molar-refractivity contribution in [3.8, 4) is 0 Å². The van der Waals surface area contributed by atoms with Crippen molar-refractivity contribution in [2.45, 2.75) is 51.5 Å². The smallest absolute Gasteiger partial charge is 0.220 e. The number of hydrogen-bond acceptors (Lipinski definition) is 1. The molecule has 128 valence electrons. The van der Waals surface area contributed by atoms with Crippen molar-refractivity contribution in [2.75, 3.05) is 0 Å². The van der Waals surface area contributed by atoms with Gasteiger partial charge in [-0.2, -0.15) is 0 Å². The summed E-state index contributed by atoms with van der Waals surface area (Å²) in [6.07, 6.45) is 1.45. The van der Waals surface area contributed by atoms with Crippen LogP contribution in [-0.4, -0.2) is 14.0 Å². The van der Waals surface area contributed by atoms with Gasteiger partial charge in [0.1, 0.15) is 0 Å². The van der Waals surface area contributed by atoms with E-state index in [1.165, 1.54) is 16.7 Å². The molecular formula is C21H29NOSi. The third-order valence-electron chi connectivity index (χ3n) is 4.20. The Kier molecular flexibility index (Phi) is 6.38. The van der Waals surface area contributed by atoms with Crippen LogP contribution < -0.4 is 5.32 Å². The van der Waals surface area contributed by atoms with Crippen LogP contribution in [0.15, 0.2) is 54.6 Å². The Hall–Kier alpha value is -1.87. The molecule has 0 bridgehead atoms. The van der Waals surface area contributed by atoms with Gasteiger partial charge < -0.3 is 5.32 Å². The molecule has 1 unspecified atom stereocenters. The summed E-state index contributed by atoms with van der Waals surface area (Å²) in [4.78, 5) is 12.4. The lowest BCUT2D eigenvalue weighted by Crippen LogP contribution is -2.31. The maximum atomic E-state index is 12.4. The zero-order valence-electron chi connectivity index (χ0n) is 15.3. The summed E-state index contributed by atoms with van der Waals surface area (Å²) in [6, 6.07) is 19.9. The van der Waals surface area contributed by atoms with Gasteiger partial charge in [0, 0.05) is 14.5 Å². The summed E-state index contributed by atoms with van der Waals surface area (Å²) < 4.78 is 0. The van der Waals surface area contributed by atoms with Crippen LogP contribution in [-0.2, 0) is 11.2 Å². The summed E-state index contributed by atoms with van der Waals surface area (Å²) in [7, 11) is -1.19. The van der Waals surface area contributed by atoms with Gasteiger partial charge in [0.15, 0.2) is 0 Å². The van der Waals surface area contributed by atoms with Gasteiger partial charge in [-0.05, 0) is 30.5 Å². The van der Waals surface area contributed by atoms with Gasteiger partial charge in [-0.1, -0.05) is 79.8 Å². The molecule has 24 heavy (non-hydrogen) atoms. The molecule has 0 spiro atoms. The molecule has 1 atom stereocenters. The molecule has 0 aliphatic heterocycles. The van der Waals surface area contributed by atoms with Crippen LogP contribution in [0.3, 0.4) is 0 Å². The van der Waals surface area contributed by atoms with Crippen molar-refractivity contribution in [1.29, 1.82) is 0 Å². The first kappa shape index (κ1) is 18.5. The van der Waals surface area contributed by atoms with Gasteiger partial charge in [-0.15, -0.1) is 0 Å². The van der Waals surface area contributed by atoms with Crippen molar-refractivity contribution in [2.24, 2.45) is 0 Å². The van der Waals surface area contributed by atoms with E-state index >= 15 is 0 Å². The lowest BCUT2D eigenvalue weighted by atomic mass is 9.98. The van der Waals surface area contributed by atoms with Crippen LogP contribution in [0.2, 0.25) is 25.7 Å². The number of carbonyl (C=O) groups excluding carboxylic acids is 1. The second-order valence-corrected chi connectivity index (χ2v) is 13.4. The summed E-state index contributed by atoms with van der Waals surface area (Å²) in [6.45, 7) is 9.01. The van der Waals surface area contributed by atoms with Crippen molar-refractivity contribution in [1.82, 2.24) is 5.32 Å². The van der Waals surface area contributed by atoms with E-state index in [1.807, 2.05) is 18.2 Å². The fourth-order valence-corrected chi connectivity index (χ4v) is 3.63. The van der Waals surface area contributed by atoms with Gasteiger partial charge in [-0.25, -0.2) is 0 Å². The van der Waals surface area contributed by atoms with Crippen molar-refractivity contribution in [3.05, 3.63) is 71.3 Å². The molecule has 0 heterocycles. The Morgan fingerprint density at radius 2 is 1.62 bits per heavy atom. The van der Waals surface area contributed by atoms with Crippen molar-refractivity contribution < 1.29 is 4.79 Å². The van der Waals surface area contributed by atoms with Gasteiger partial charge in [-0.3, -0.25) is 4.79 Å². The minimum absolute atomic E-state index is 0.0306. The van der Waals surface area contributed by atoms with Crippen LogP contribution in [0.1, 0.15) is 29.2 Å². The lowest BCUT2D eigenvalue weighted by molar-refractivity contribution is -0.121. The fraction of sp³-hybridized carbons (Fsp3) is 0.381. The summed E-state index contributed by atoms with van der Waals surface area (Å²) in [5.41, 5.74) is 3.67. The van der Waals surface area contributed by atoms with Crippen molar-refractivity contribution in [3.63, 3.8) is 0 Å². The predicted octanol–water partition coefficient (Wildman–Crippen LogP) is 5.12. The average molecular weight is 340 g/mol. The molecule has 0 fully saturated rings. The molecule has 2 aromatic rings. The van der Waals surface area contributed by atoms with E-state index in [2.05, 4.69) is 68.3 Å². The van der Waals surface area contributed by atoms with E-state index in [9.17, 15) is 4.79 Å². The van der Waals surface area contributed by atoms with Crippen molar-refractivity contribution >= 4 is 14.0 Å². The molecular weight excluding hydrogens is 310 g/mol. The molecule has 0 saturated heterocycles. The zero-order chi connectivity index (χ0) is 17.6. The first-order chi connectivity index (χ1) is 11.3. The molecule has 0 saturated carbocycles. The second kappa shape index (κ2) is 8.29. The minimum atomic E-state index is -1.19. The van der Waals surface area contributed by atoms with Gasteiger partial charge >= 0.3 is 0 Å². The molecule has 2 aromatic carbocycles. The minimum Gasteiger partial charge on any atom is -0.349 e. The predicted molar refractivity (Wildman–Crippen MR) is 105 cm³/mol. The summed E-state index contributed by atoms with van der Waals surface area (Å²) in [5.74, 6) is 0.165. The van der Waals surface area contributed by atoms with E-state index < -0.39 is 8.07 Å². The number of hydrogen-bond donors (Lipinski definition) is 1. The molecule has 0 aromatic heterocycles. The Morgan fingerprint density at radius 3 is 2.21 bits per heavy atom. The number of carbonyl (C=O) groups is 1. The number of nitrogens with one attached hydrogen (secondary N) is 1. The van der Waals surface area contributed by atoms with Gasteiger partial charge in [0.2, 0.25) is 5.91 Å². The van der Waals surface area contributed by atoms with E-state index in [0.29, 0.717) is 6.42 Å². The Morgan fingerprint density at radius 1 is 1.00 bits per heavy atom. The largest absolute Gasteiger partial charge is 0.349 e. The first-order valence-corrected chi connectivity index (χ1v) is 12.4. The Labute approximate surface area is 147 Å². The monoisotopic (exact) mass is 339 g/mol. The third-order valence-corrected chi connectivity index (χ3v) is 5.95. The number of rotatable bonds is 7. The highest BCUT2D eigenvalue weighted by Crippen LogP contribution is 2.20. The molecule has 2 rings (SSSR count). The number of aryl methyl sites for hydroxylation is 1. The van der Waals surface area contributed by atoms with Crippen LogP contribution in [0, 0.1) is 6.92 Å². The van der Waals surface area contributed by atoms with Crippen LogP contribution in [0.4, 0.5) is 0 Å². The lowest BCUT2D eigenvalue weighted by Gasteiger charge is -2.21. The van der Waals surface area contributed by atoms with E-state index in [4.69, 9.17) is 0 Å². The Balaban J connectivity index is 2.08. The van der Waals surface area contributed by atoms with E-state index in [0.717, 1.165) is 12.5 Å². The average Bonchev–Trinajstić information content (AvgIpc) is 2.54. The van der Waals surface area contributed by atoms with Crippen LogP contribution in [0.25, 0.3) is 0 Å².